The minimum absolute atomic E-state index is 0.0156. The third-order valence-electron chi connectivity index (χ3n) is 4.40. The van der Waals surface area contributed by atoms with E-state index in [1.807, 2.05) is 18.2 Å². The number of nitrogens with one attached hydrogen (secondary N) is 1. The number of hydrogen-bond acceptors (Lipinski definition) is 3. The van der Waals surface area contributed by atoms with E-state index in [-0.39, 0.29) is 18.4 Å². The minimum atomic E-state index is -0.108. The number of morpholine rings is 1. The number of amides is 1. The van der Waals surface area contributed by atoms with Gasteiger partial charge in [0, 0.05) is 36.2 Å². The standard InChI is InChI=1S/C20H22Cl2N2O2/c21-18-7-4-8-19(22)17(18)11-20(25)23-12-16-14-24(9-10-26-16)13-15-5-2-1-3-6-15/h1-8,16H,9-14H2,(H,23,25). The molecule has 138 valence electrons. The summed E-state index contributed by atoms with van der Waals surface area (Å²) in [5, 5.41) is 3.95. The maximum Gasteiger partial charge on any atom is 0.224 e. The van der Waals surface area contributed by atoms with Gasteiger partial charge in [0.15, 0.2) is 0 Å². The maximum atomic E-state index is 12.2. The van der Waals surface area contributed by atoms with E-state index in [0.29, 0.717) is 28.8 Å². The van der Waals surface area contributed by atoms with E-state index >= 15 is 0 Å². The highest BCUT2D eigenvalue weighted by Crippen LogP contribution is 2.24. The summed E-state index contributed by atoms with van der Waals surface area (Å²) in [5.74, 6) is -0.108. The second-order valence-electron chi connectivity index (χ2n) is 6.39. The predicted molar refractivity (Wildman–Crippen MR) is 105 cm³/mol. The molecule has 4 nitrogen and oxygen atoms in total. The van der Waals surface area contributed by atoms with Crippen LogP contribution in [0.15, 0.2) is 48.5 Å². The Hall–Kier alpha value is -1.59. The topological polar surface area (TPSA) is 41.6 Å². The van der Waals surface area contributed by atoms with Crippen molar-refractivity contribution in [2.75, 3.05) is 26.2 Å². The van der Waals surface area contributed by atoms with Gasteiger partial charge in [0.2, 0.25) is 5.91 Å². The Balaban J connectivity index is 1.47. The highest BCUT2D eigenvalue weighted by Gasteiger charge is 2.21. The number of rotatable bonds is 6. The summed E-state index contributed by atoms with van der Waals surface area (Å²) < 4.78 is 5.79. The van der Waals surface area contributed by atoms with Crippen LogP contribution in [0.5, 0.6) is 0 Å². The zero-order chi connectivity index (χ0) is 18.4. The molecule has 2 aromatic rings. The second kappa shape index (κ2) is 9.38. The average Bonchev–Trinajstić information content (AvgIpc) is 2.64. The van der Waals surface area contributed by atoms with Crippen molar-refractivity contribution in [3.8, 4) is 0 Å². The first-order chi connectivity index (χ1) is 12.6. The van der Waals surface area contributed by atoms with Gasteiger partial charge in [-0.05, 0) is 23.3 Å². The van der Waals surface area contributed by atoms with Crippen molar-refractivity contribution in [3.05, 3.63) is 69.7 Å². The molecular formula is C20H22Cl2N2O2. The lowest BCUT2D eigenvalue weighted by atomic mass is 10.1. The van der Waals surface area contributed by atoms with Crippen molar-refractivity contribution < 1.29 is 9.53 Å². The zero-order valence-corrected chi connectivity index (χ0v) is 16.0. The van der Waals surface area contributed by atoms with Gasteiger partial charge >= 0.3 is 0 Å². The molecule has 0 radical (unpaired) electrons. The van der Waals surface area contributed by atoms with Crippen LogP contribution in [-0.2, 0) is 22.5 Å². The van der Waals surface area contributed by atoms with Crippen LogP contribution < -0.4 is 5.32 Å². The molecule has 0 aromatic heterocycles. The number of ether oxygens (including phenoxy) is 1. The van der Waals surface area contributed by atoms with Gasteiger partial charge in [0.05, 0.1) is 19.1 Å². The first kappa shape index (κ1) is 19.2. The minimum Gasteiger partial charge on any atom is -0.374 e. The fourth-order valence-corrected chi connectivity index (χ4v) is 3.57. The van der Waals surface area contributed by atoms with Crippen LogP contribution in [-0.4, -0.2) is 43.2 Å². The SMILES string of the molecule is O=C(Cc1c(Cl)cccc1Cl)NCC1CN(Cc2ccccc2)CCO1. The van der Waals surface area contributed by atoms with E-state index in [4.69, 9.17) is 27.9 Å². The van der Waals surface area contributed by atoms with Crippen LogP contribution >= 0.6 is 23.2 Å². The Morgan fingerprint density at radius 2 is 1.85 bits per heavy atom. The molecule has 6 heteroatoms. The molecule has 1 amide bonds. The molecule has 1 aliphatic heterocycles. The van der Waals surface area contributed by atoms with Crippen molar-refractivity contribution >= 4 is 29.1 Å². The third kappa shape index (κ3) is 5.45. The molecule has 1 heterocycles. The van der Waals surface area contributed by atoms with Gasteiger partial charge in [0.25, 0.3) is 0 Å². The molecule has 0 spiro atoms. The normalized spacial score (nSPS) is 17.8. The van der Waals surface area contributed by atoms with Gasteiger partial charge < -0.3 is 10.1 Å². The lowest BCUT2D eigenvalue weighted by molar-refractivity contribution is -0.121. The van der Waals surface area contributed by atoms with Crippen molar-refractivity contribution in [3.63, 3.8) is 0 Å². The van der Waals surface area contributed by atoms with E-state index in [2.05, 4.69) is 22.3 Å². The fraction of sp³-hybridized carbons (Fsp3) is 0.350. The van der Waals surface area contributed by atoms with Crippen LogP contribution in [0.1, 0.15) is 11.1 Å². The molecule has 1 fully saturated rings. The van der Waals surface area contributed by atoms with Crippen LogP contribution in [0.4, 0.5) is 0 Å². The summed E-state index contributed by atoms with van der Waals surface area (Å²) >= 11 is 12.2. The first-order valence-corrected chi connectivity index (χ1v) is 9.45. The molecule has 2 aromatic carbocycles. The summed E-state index contributed by atoms with van der Waals surface area (Å²) in [6.07, 6.45) is 0.150. The predicted octanol–water partition coefficient (Wildman–Crippen LogP) is 3.55. The summed E-state index contributed by atoms with van der Waals surface area (Å²) in [5.41, 5.74) is 1.94. The molecule has 1 atom stereocenters. The number of hydrogen-bond donors (Lipinski definition) is 1. The van der Waals surface area contributed by atoms with Crippen LogP contribution in [0.25, 0.3) is 0 Å². The summed E-state index contributed by atoms with van der Waals surface area (Å²) in [6.45, 7) is 3.73. The van der Waals surface area contributed by atoms with Gasteiger partial charge in [-0.3, -0.25) is 9.69 Å². The number of halogens is 2. The number of carbonyl (C=O) groups is 1. The highest BCUT2D eigenvalue weighted by atomic mass is 35.5. The Kier molecular flexibility index (Phi) is 6.92. The lowest BCUT2D eigenvalue weighted by Gasteiger charge is -2.33. The van der Waals surface area contributed by atoms with E-state index in [9.17, 15) is 4.79 Å². The summed E-state index contributed by atoms with van der Waals surface area (Å²) in [7, 11) is 0. The number of benzene rings is 2. The van der Waals surface area contributed by atoms with Crippen molar-refractivity contribution in [1.29, 1.82) is 0 Å². The molecule has 0 bridgehead atoms. The molecule has 0 saturated carbocycles. The Morgan fingerprint density at radius 3 is 2.58 bits per heavy atom. The molecular weight excluding hydrogens is 371 g/mol. The number of nitrogens with zero attached hydrogens (tertiary/aromatic N) is 1. The maximum absolute atomic E-state index is 12.2. The van der Waals surface area contributed by atoms with E-state index in [0.717, 1.165) is 19.6 Å². The zero-order valence-electron chi connectivity index (χ0n) is 14.5. The first-order valence-electron chi connectivity index (χ1n) is 8.69. The van der Waals surface area contributed by atoms with Crippen LogP contribution in [0.2, 0.25) is 10.0 Å². The second-order valence-corrected chi connectivity index (χ2v) is 7.21. The largest absolute Gasteiger partial charge is 0.374 e. The molecule has 1 unspecified atom stereocenters. The smallest absolute Gasteiger partial charge is 0.224 e. The van der Waals surface area contributed by atoms with Crippen molar-refractivity contribution in [2.24, 2.45) is 0 Å². The molecule has 3 rings (SSSR count). The molecule has 1 aliphatic rings. The Bertz CT molecular complexity index is 720. The van der Waals surface area contributed by atoms with Crippen LogP contribution in [0, 0.1) is 0 Å². The molecule has 0 aliphatic carbocycles. The quantitative estimate of drug-likeness (QED) is 0.816. The summed E-state index contributed by atoms with van der Waals surface area (Å²) in [4.78, 5) is 14.6. The molecule has 26 heavy (non-hydrogen) atoms. The van der Waals surface area contributed by atoms with Crippen LogP contribution in [0.3, 0.4) is 0 Å². The Labute approximate surface area is 164 Å². The van der Waals surface area contributed by atoms with Crippen molar-refractivity contribution in [2.45, 2.75) is 19.1 Å². The fourth-order valence-electron chi connectivity index (χ4n) is 3.04. The Morgan fingerprint density at radius 1 is 1.12 bits per heavy atom. The lowest BCUT2D eigenvalue weighted by Crippen LogP contribution is -2.47. The van der Waals surface area contributed by atoms with Gasteiger partial charge in [0.1, 0.15) is 0 Å². The van der Waals surface area contributed by atoms with E-state index in [1.54, 1.807) is 18.2 Å². The third-order valence-corrected chi connectivity index (χ3v) is 5.11. The van der Waals surface area contributed by atoms with Gasteiger partial charge in [-0.15, -0.1) is 0 Å². The highest BCUT2D eigenvalue weighted by molar-refractivity contribution is 6.36. The van der Waals surface area contributed by atoms with Crippen molar-refractivity contribution in [1.82, 2.24) is 10.2 Å². The number of carbonyl (C=O) groups excluding carboxylic acids is 1. The average molecular weight is 393 g/mol. The van der Waals surface area contributed by atoms with Gasteiger partial charge in [-0.2, -0.15) is 0 Å². The summed E-state index contributed by atoms with van der Waals surface area (Å²) in [6, 6.07) is 15.6. The molecule has 1 saturated heterocycles. The molecule has 1 N–H and O–H groups in total. The van der Waals surface area contributed by atoms with E-state index < -0.39 is 0 Å². The van der Waals surface area contributed by atoms with E-state index in [1.165, 1.54) is 5.56 Å². The van der Waals surface area contributed by atoms with Gasteiger partial charge in [-0.1, -0.05) is 59.6 Å². The monoisotopic (exact) mass is 392 g/mol. The van der Waals surface area contributed by atoms with Gasteiger partial charge in [-0.25, -0.2) is 0 Å².